The molecule has 0 aliphatic heterocycles. The van der Waals surface area contributed by atoms with Gasteiger partial charge in [0.2, 0.25) is 5.91 Å². The second-order valence-corrected chi connectivity index (χ2v) is 5.50. The minimum atomic E-state index is -1.54. The topological polar surface area (TPSA) is 60.2 Å². The molecule has 0 spiro atoms. The van der Waals surface area contributed by atoms with Crippen LogP contribution in [0, 0.1) is 0 Å². The van der Waals surface area contributed by atoms with E-state index in [4.69, 9.17) is 28.9 Å². The van der Waals surface area contributed by atoms with Crippen LogP contribution in [0.1, 0.15) is 6.92 Å². The van der Waals surface area contributed by atoms with E-state index in [9.17, 15) is 9.00 Å². The lowest BCUT2D eigenvalue weighted by molar-refractivity contribution is -0.117. The van der Waals surface area contributed by atoms with Gasteiger partial charge < -0.3 is 5.73 Å². The SMILES string of the molecule is CC(C(N)=O)S(=O)c1ccc(Cl)cc1Cl. The first-order chi connectivity index (χ1) is 6.93. The maximum atomic E-state index is 11.8. The highest BCUT2D eigenvalue weighted by Gasteiger charge is 2.20. The number of hydrogen-bond donors (Lipinski definition) is 1. The molecule has 82 valence electrons. The van der Waals surface area contributed by atoms with Gasteiger partial charge in [-0.3, -0.25) is 9.00 Å². The summed E-state index contributed by atoms with van der Waals surface area (Å²) < 4.78 is 11.8. The molecule has 1 aromatic rings. The third kappa shape index (κ3) is 2.93. The fourth-order valence-corrected chi connectivity index (χ4v) is 2.62. The van der Waals surface area contributed by atoms with Crippen LogP contribution in [0.25, 0.3) is 0 Å². The zero-order valence-electron chi connectivity index (χ0n) is 7.87. The van der Waals surface area contributed by atoms with E-state index >= 15 is 0 Å². The standard InChI is InChI=1S/C9H9Cl2NO2S/c1-5(9(12)13)15(14)8-3-2-6(10)4-7(8)11/h2-5H,1H3,(H2,12,13). The molecule has 0 aromatic heterocycles. The lowest BCUT2D eigenvalue weighted by Gasteiger charge is -2.08. The molecule has 0 aliphatic rings. The van der Waals surface area contributed by atoms with E-state index in [2.05, 4.69) is 0 Å². The van der Waals surface area contributed by atoms with E-state index in [0.717, 1.165) is 0 Å². The van der Waals surface area contributed by atoms with Crippen molar-refractivity contribution < 1.29 is 9.00 Å². The summed E-state index contributed by atoms with van der Waals surface area (Å²) in [7, 11) is -1.54. The van der Waals surface area contributed by atoms with Crippen molar-refractivity contribution in [2.45, 2.75) is 17.1 Å². The molecular weight excluding hydrogens is 257 g/mol. The maximum absolute atomic E-state index is 11.8. The van der Waals surface area contributed by atoms with Crippen LogP contribution in [0.5, 0.6) is 0 Å². The Morgan fingerprint density at radius 2 is 2.07 bits per heavy atom. The van der Waals surface area contributed by atoms with Crippen molar-refractivity contribution >= 4 is 39.9 Å². The minimum Gasteiger partial charge on any atom is -0.369 e. The number of benzene rings is 1. The number of primary amides is 1. The van der Waals surface area contributed by atoms with Crippen molar-refractivity contribution in [3.63, 3.8) is 0 Å². The Morgan fingerprint density at radius 3 is 2.53 bits per heavy atom. The average molecular weight is 266 g/mol. The number of carbonyl (C=O) groups is 1. The number of halogens is 2. The number of nitrogens with two attached hydrogens (primary N) is 1. The van der Waals surface area contributed by atoms with Crippen LogP contribution in [0.3, 0.4) is 0 Å². The molecule has 0 saturated carbocycles. The van der Waals surface area contributed by atoms with Crippen molar-refractivity contribution in [3.8, 4) is 0 Å². The van der Waals surface area contributed by atoms with Gasteiger partial charge in [0.25, 0.3) is 0 Å². The predicted octanol–water partition coefficient (Wildman–Crippen LogP) is 1.97. The summed E-state index contributed by atoms with van der Waals surface area (Å²) in [5.74, 6) is -0.626. The van der Waals surface area contributed by atoms with E-state index in [1.165, 1.54) is 19.1 Å². The maximum Gasteiger partial charge on any atom is 0.233 e. The molecule has 15 heavy (non-hydrogen) atoms. The second kappa shape index (κ2) is 4.96. The summed E-state index contributed by atoms with van der Waals surface area (Å²) >= 11 is 11.5. The zero-order chi connectivity index (χ0) is 11.6. The Kier molecular flexibility index (Phi) is 4.13. The smallest absolute Gasteiger partial charge is 0.233 e. The fourth-order valence-electron chi connectivity index (χ4n) is 0.934. The molecule has 0 aliphatic carbocycles. The highest BCUT2D eigenvalue weighted by atomic mass is 35.5. The van der Waals surface area contributed by atoms with Gasteiger partial charge in [-0.1, -0.05) is 23.2 Å². The fraction of sp³-hybridized carbons (Fsp3) is 0.222. The number of rotatable bonds is 3. The Labute approximate surface area is 100 Å². The van der Waals surface area contributed by atoms with Crippen molar-refractivity contribution in [2.75, 3.05) is 0 Å². The molecule has 2 unspecified atom stereocenters. The summed E-state index contributed by atoms with van der Waals surface area (Å²) in [6.45, 7) is 1.49. The van der Waals surface area contributed by atoms with Gasteiger partial charge in [-0.2, -0.15) is 0 Å². The van der Waals surface area contributed by atoms with Crippen molar-refractivity contribution in [3.05, 3.63) is 28.2 Å². The highest BCUT2D eigenvalue weighted by molar-refractivity contribution is 7.86. The Balaban J connectivity index is 3.07. The molecule has 1 rings (SSSR count). The minimum absolute atomic E-state index is 0.272. The number of amides is 1. The second-order valence-electron chi connectivity index (χ2n) is 2.92. The molecule has 1 amide bonds. The normalized spacial score (nSPS) is 14.6. The lowest BCUT2D eigenvalue weighted by atomic mass is 10.4. The molecule has 0 radical (unpaired) electrons. The van der Waals surface area contributed by atoms with E-state index < -0.39 is 22.0 Å². The van der Waals surface area contributed by atoms with Gasteiger partial charge in [-0.25, -0.2) is 0 Å². The van der Waals surface area contributed by atoms with Crippen LogP contribution < -0.4 is 5.73 Å². The monoisotopic (exact) mass is 265 g/mol. The van der Waals surface area contributed by atoms with Crippen molar-refractivity contribution in [1.29, 1.82) is 0 Å². The van der Waals surface area contributed by atoms with Gasteiger partial charge in [0.15, 0.2) is 0 Å². The first-order valence-electron chi connectivity index (χ1n) is 4.08. The molecule has 0 heterocycles. The third-order valence-corrected chi connectivity index (χ3v) is 4.16. The van der Waals surface area contributed by atoms with E-state index in [1.807, 2.05) is 0 Å². The molecule has 2 atom stereocenters. The molecule has 0 saturated heterocycles. The third-order valence-electron chi connectivity index (χ3n) is 1.83. The van der Waals surface area contributed by atoms with Gasteiger partial charge in [0, 0.05) is 5.02 Å². The first-order valence-corrected chi connectivity index (χ1v) is 6.05. The first kappa shape index (κ1) is 12.5. The molecule has 2 N–H and O–H groups in total. The highest BCUT2D eigenvalue weighted by Crippen LogP contribution is 2.25. The van der Waals surface area contributed by atoms with Crippen LogP contribution in [0.15, 0.2) is 23.1 Å². The molecular formula is C9H9Cl2NO2S. The lowest BCUT2D eigenvalue weighted by Crippen LogP contribution is -2.29. The van der Waals surface area contributed by atoms with Gasteiger partial charge in [0.05, 0.1) is 20.7 Å². The summed E-state index contributed by atoms with van der Waals surface area (Å²) in [6, 6.07) is 4.57. The van der Waals surface area contributed by atoms with Gasteiger partial charge in [0.1, 0.15) is 5.25 Å². The molecule has 3 nitrogen and oxygen atoms in total. The Morgan fingerprint density at radius 1 is 1.47 bits per heavy atom. The van der Waals surface area contributed by atoms with Crippen LogP contribution in [-0.2, 0) is 15.6 Å². The number of hydrogen-bond acceptors (Lipinski definition) is 2. The predicted molar refractivity (Wildman–Crippen MR) is 61.5 cm³/mol. The van der Waals surface area contributed by atoms with Crippen molar-refractivity contribution in [2.24, 2.45) is 5.73 Å². The number of carbonyl (C=O) groups excluding carboxylic acids is 1. The van der Waals surface area contributed by atoms with Crippen LogP contribution >= 0.6 is 23.2 Å². The van der Waals surface area contributed by atoms with Crippen molar-refractivity contribution in [1.82, 2.24) is 0 Å². The van der Waals surface area contributed by atoms with Gasteiger partial charge >= 0.3 is 0 Å². The average Bonchev–Trinajstić information content (AvgIpc) is 2.15. The van der Waals surface area contributed by atoms with E-state index in [0.29, 0.717) is 9.92 Å². The molecule has 1 aromatic carbocycles. The Hall–Kier alpha value is -0.580. The van der Waals surface area contributed by atoms with Crippen LogP contribution in [0.2, 0.25) is 10.0 Å². The summed E-state index contributed by atoms with van der Waals surface area (Å²) in [5.41, 5.74) is 5.05. The summed E-state index contributed by atoms with van der Waals surface area (Å²) in [5, 5.41) is -0.0508. The van der Waals surface area contributed by atoms with Gasteiger partial charge in [-0.15, -0.1) is 0 Å². The summed E-state index contributed by atoms with van der Waals surface area (Å²) in [6.07, 6.45) is 0. The largest absolute Gasteiger partial charge is 0.369 e. The molecule has 0 bridgehead atoms. The van der Waals surface area contributed by atoms with Crippen LogP contribution in [-0.4, -0.2) is 15.4 Å². The zero-order valence-corrected chi connectivity index (χ0v) is 10.2. The van der Waals surface area contributed by atoms with Gasteiger partial charge in [-0.05, 0) is 25.1 Å². The quantitative estimate of drug-likeness (QED) is 0.909. The molecule has 6 heteroatoms. The van der Waals surface area contributed by atoms with E-state index in [1.54, 1.807) is 6.07 Å². The Bertz CT molecular complexity index is 423. The molecule has 0 fully saturated rings. The van der Waals surface area contributed by atoms with Crippen LogP contribution in [0.4, 0.5) is 0 Å². The van der Waals surface area contributed by atoms with E-state index in [-0.39, 0.29) is 5.02 Å². The summed E-state index contributed by atoms with van der Waals surface area (Å²) in [4.78, 5) is 11.2.